The van der Waals surface area contributed by atoms with Gasteiger partial charge in [0.1, 0.15) is 11.6 Å². The van der Waals surface area contributed by atoms with E-state index < -0.39 is 34.5 Å². The Labute approximate surface area is 96.8 Å². The summed E-state index contributed by atoms with van der Waals surface area (Å²) in [5.74, 6) is -1.38. The number of carbonyl (C=O) groups excluding carboxylic acids is 1. The van der Waals surface area contributed by atoms with E-state index in [-0.39, 0.29) is 5.75 Å². The van der Waals surface area contributed by atoms with E-state index in [4.69, 9.17) is 9.84 Å². The number of hydrogen-bond acceptors (Lipinski definition) is 4. The second kappa shape index (κ2) is 5.83. The van der Waals surface area contributed by atoms with Crippen molar-refractivity contribution >= 4 is 22.9 Å². The lowest BCUT2D eigenvalue weighted by Crippen LogP contribution is -2.46. The quantitative estimate of drug-likeness (QED) is 0.751. The maximum absolute atomic E-state index is 11.3. The van der Waals surface area contributed by atoms with Crippen molar-refractivity contribution in [2.75, 3.05) is 12.0 Å². The van der Waals surface area contributed by atoms with Crippen LogP contribution in [-0.4, -0.2) is 45.0 Å². The highest BCUT2D eigenvalue weighted by Crippen LogP contribution is 2.06. The first kappa shape index (κ1) is 14.9. The van der Waals surface area contributed by atoms with E-state index in [0.29, 0.717) is 0 Å². The lowest BCUT2D eigenvalue weighted by Gasteiger charge is -2.21. The predicted molar refractivity (Wildman–Crippen MR) is 59.7 cm³/mol. The first-order valence-electron chi connectivity index (χ1n) is 4.64. The van der Waals surface area contributed by atoms with Crippen molar-refractivity contribution < 1.29 is 23.6 Å². The summed E-state index contributed by atoms with van der Waals surface area (Å²) in [5.41, 5.74) is -0.696. The maximum atomic E-state index is 11.3. The summed E-state index contributed by atoms with van der Waals surface area (Å²) in [5, 5.41) is 10.9. The zero-order chi connectivity index (χ0) is 12.9. The van der Waals surface area contributed by atoms with Crippen molar-refractivity contribution in [1.29, 1.82) is 0 Å². The molecule has 0 spiro atoms. The molecule has 0 aliphatic rings. The Morgan fingerprint density at radius 1 is 1.44 bits per heavy atom. The lowest BCUT2D eigenvalue weighted by molar-refractivity contribution is -0.138. The van der Waals surface area contributed by atoms with Crippen LogP contribution in [0.25, 0.3) is 0 Å². The van der Waals surface area contributed by atoms with Crippen LogP contribution in [0.4, 0.5) is 4.79 Å². The van der Waals surface area contributed by atoms with Crippen LogP contribution < -0.4 is 5.32 Å². The van der Waals surface area contributed by atoms with E-state index in [0.717, 1.165) is 0 Å². The Morgan fingerprint density at radius 2 is 1.94 bits per heavy atom. The highest BCUT2D eigenvalue weighted by Gasteiger charge is 2.24. The van der Waals surface area contributed by atoms with Gasteiger partial charge in [0.25, 0.3) is 0 Å². The third-order valence-corrected chi connectivity index (χ3v) is 2.19. The first-order chi connectivity index (χ1) is 7.11. The number of rotatable bonds is 4. The second-order valence-corrected chi connectivity index (χ2v) is 5.76. The molecule has 94 valence electrons. The van der Waals surface area contributed by atoms with Crippen LogP contribution in [0, 0.1) is 0 Å². The molecule has 0 aromatic carbocycles. The molecule has 0 saturated heterocycles. The molecule has 0 aromatic heterocycles. The van der Waals surface area contributed by atoms with Crippen molar-refractivity contribution in [1.82, 2.24) is 5.32 Å². The molecule has 0 rings (SSSR count). The third kappa shape index (κ3) is 7.22. The molecule has 2 atom stereocenters. The summed E-state index contributed by atoms with van der Waals surface area (Å²) >= 11 is 0. The normalized spacial score (nSPS) is 15.0. The van der Waals surface area contributed by atoms with Crippen LogP contribution in [0.2, 0.25) is 0 Å². The molecule has 0 heterocycles. The maximum Gasteiger partial charge on any atom is 0.408 e. The largest absolute Gasteiger partial charge is 0.480 e. The minimum atomic E-state index is -1.31. The monoisotopic (exact) mass is 251 g/mol. The van der Waals surface area contributed by atoms with Crippen molar-refractivity contribution in [3.63, 3.8) is 0 Å². The fourth-order valence-corrected chi connectivity index (χ4v) is 1.55. The number of carboxylic acid groups (broad SMARTS) is 1. The van der Waals surface area contributed by atoms with Gasteiger partial charge in [-0.25, -0.2) is 9.59 Å². The summed E-state index contributed by atoms with van der Waals surface area (Å²) in [6.07, 6.45) is 0.539. The molecule has 0 aliphatic heterocycles. The average molecular weight is 251 g/mol. The zero-order valence-electron chi connectivity index (χ0n) is 9.77. The van der Waals surface area contributed by atoms with Crippen LogP contribution in [0.15, 0.2) is 0 Å². The number of carboxylic acids is 1. The van der Waals surface area contributed by atoms with Crippen LogP contribution in [-0.2, 0) is 20.3 Å². The molecular weight excluding hydrogens is 234 g/mol. The fraction of sp³-hybridized carbons (Fsp3) is 0.778. The fourth-order valence-electron chi connectivity index (χ4n) is 0.859. The highest BCUT2D eigenvalue weighted by atomic mass is 32.2. The third-order valence-electron chi connectivity index (χ3n) is 1.39. The Kier molecular flexibility index (Phi) is 5.43. The summed E-state index contributed by atoms with van der Waals surface area (Å²) < 4.78 is 15.8. The van der Waals surface area contributed by atoms with E-state index >= 15 is 0 Å². The first-order valence-corrected chi connectivity index (χ1v) is 6.37. The molecule has 2 N–H and O–H groups in total. The Bertz CT molecular complexity index is 297. The van der Waals surface area contributed by atoms with Gasteiger partial charge in [-0.3, -0.25) is 4.21 Å². The van der Waals surface area contributed by atoms with E-state index in [1.807, 2.05) is 0 Å². The SMILES string of the molecule is CS(=O)CC(NC(=O)OC(C)(C)C)C(=O)O. The van der Waals surface area contributed by atoms with Crippen LogP contribution in [0.1, 0.15) is 20.8 Å². The number of ether oxygens (including phenoxy) is 1. The standard InChI is InChI=1S/C9H17NO5S/c1-9(2,3)15-8(13)10-6(7(11)12)5-16(4)14/h6H,5H2,1-4H3,(H,10,13)(H,11,12). The molecule has 0 saturated carbocycles. The van der Waals surface area contributed by atoms with Gasteiger partial charge in [0, 0.05) is 17.1 Å². The molecule has 0 radical (unpaired) electrons. The summed E-state index contributed by atoms with van der Waals surface area (Å²) in [4.78, 5) is 22.0. The molecular formula is C9H17NO5S. The number of carbonyl (C=O) groups is 2. The van der Waals surface area contributed by atoms with Gasteiger partial charge in [0.2, 0.25) is 0 Å². The minimum absolute atomic E-state index is 0.144. The number of alkyl carbamates (subject to hydrolysis) is 1. The van der Waals surface area contributed by atoms with Gasteiger partial charge in [-0.05, 0) is 20.8 Å². The van der Waals surface area contributed by atoms with Gasteiger partial charge < -0.3 is 15.2 Å². The van der Waals surface area contributed by atoms with Crippen molar-refractivity contribution in [3.8, 4) is 0 Å². The average Bonchev–Trinajstić information content (AvgIpc) is 1.97. The number of nitrogens with one attached hydrogen (secondary N) is 1. The summed E-state index contributed by atoms with van der Waals surface area (Å²) in [6.45, 7) is 5.00. The van der Waals surface area contributed by atoms with Gasteiger partial charge in [-0.15, -0.1) is 0 Å². The molecule has 0 fully saturated rings. The van der Waals surface area contributed by atoms with Gasteiger partial charge in [0.05, 0.1) is 5.75 Å². The Morgan fingerprint density at radius 3 is 2.25 bits per heavy atom. The van der Waals surface area contributed by atoms with Gasteiger partial charge >= 0.3 is 12.1 Å². The van der Waals surface area contributed by atoms with E-state index in [2.05, 4.69) is 5.32 Å². The number of hydrogen-bond donors (Lipinski definition) is 2. The van der Waals surface area contributed by atoms with Gasteiger partial charge in [0.15, 0.2) is 0 Å². The molecule has 0 bridgehead atoms. The van der Waals surface area contributed by atoms with Crippen LogP contribution in [0.3, 0.4) is 0 Å². The molecule has 7 heteroatoms. The van der Waals surface area contributed by atoms with Crippen molar-refractivity contribution in [2.24, 2.45) is 0 Å². The summed E-state index contributed by atoms with van der Waals surface area (Å²) in [6, 6.07) is -1.19. The molecule has 16 heavy (non-hydrogen) atoms. The Balaban J connectivity index is 4.35. The molecule has 2 unspecified atom stereocenters. The Hall–Kier alpha value is -1.11. The summed E-state index contributed by atoms with van der Waals surface area (Å²) in [7, 11) is -1.31. The van der Waals surface area contributed by atoms with Gasteiger partial charge in [-0.2, -0.15) is 0 Å². The predicted octanol–water partition coefficient (Wildman–Crippen LogP) is 0.343. The highest BCUT2D eigenvalue weighted by molar-refractivity contribution is 7.84. The second-order valence-electron chi connectivity index (χ2n) is 4.28. The molecule has 0 aromatic rings. The molecule has 0 aliphatic carbocycles. The van der Waals surface area contributed by atoms with E-state index in [1.165, 1.54) is 6.26 Å². The minimum Gasteiger partial charge on any atom is -0.480 e. The lowest BCUT2D eigenvalue weighted by atomic mass is 10.2. The van der Waals surface area contributed by atoms with Crippen molar-refractivity contribution in [3.05, 3.63) is 0 Å². The topological polar surface area (TPSA) is 92.7 Å². The number of amides is 1. The van der Waals surface area contributed by atoms with Crippen LogP contribution in [0.5, 0.6) is 0 Å². The molecule has 6 nitrogen and oxygen atoms in total. The van der Waals surface area contributed by atoms with Crippen LogP contribution >= 0.6 is 0 Å². The van der Waals surface area contributed by atoms with Gasteiger partial charge in [-0.1, -0.05) is 0 Å². The smallest absolute Gasteiger partial charge is 0.408 e. The van der Waals surface area contributed by atoms with Crippen molar-refractivity contribution in [2.45, 2.75) is 32.4 Å². The zero-order valence-corrected chi connectivity index (χ0v) is 10.6. The van der Waals surface area contributed by atoms with E-state index in [1.54, 1.807) is 20.8 Å². The van der Waals surface area contributed by atoms with E-state index in [9.17, 15) is 13.8 Å². The molecule has 1 amide bonds. The number of aliphatic carboxylic acids is 1.